The molecule has 0 saturated heterocycles. The minimum absolute atomic E-state index is 0.0411. The number of amides is 1. The highest BCUT2D eigenvalue weighted by molar-refractivity contribution is 14.1. The Bertz CT molecular complexity index is 466. The van der Waals surface area contributed by atoms with Crippen molar-refractivity contribution < 1.29 is 4.79 Å². The zero-order valence-corrected chi connectivity index (χ0v) is 10.7. The van der Waals surface area contributed by atoms with E-state index in [0.29, 0.717) is 0 Å². The fourth-order valence-electron chi connectivity index (χ4n) is 1.17. The molecule has 1 amide bonds. The molecule has 0 saturated carbocycles. The van der Waals surface area contributed by atoms with Gasteiger partial charge in [0.2, 0.25) is 0 Å². The summed E-state index contributed by atoms with van der Waals surface area (Å²) in [6, 6.07) is 11.4. The van der Waals surface area contributed by atoms with E-state index < -0.39 is 0 Å². The molecule has 76 valence electrons. The average Bonchev–Trinajstić information content (AvgIpc) is 2.66. The summed E-state index contributed by atoms with van der Waals surface area (Å²) in [6.45, 7) is 0. The van der Waals surface area contributed by atoms with Crippen LogP contribution in [0.5, 0.6) is 0 Å². The molecular weight excluding hydrogens is 321 g/mol. The van der Waals surface area contributed by atoms with Crippen LogP contribution in [0.1, 0.15) is 9.67 Å². The van der Waals surface area contributed by atoms with Crippen LogP contribution in [-0.4, -0.2) is 5.91 Å². The first-order valence-electron chi connectivity index (χ1n) is 4.37. The highest BCUT2D eigenvalue weighted by atomic mass is 127. The van der Waals surface area contributed by atoms with E-state index in [2.05, 4.69) is 27.9 Å². The standard InChI is InChI=1S/C11H8INOS/c12-9-6-7-15-10(9)11(14)13-8-4-2-1-3-5-8/h1-7H,(H,13,14). The maximum Gasteiger partial charge on any atom is 0.266 e. The molecule has 0 spiro atoms. The molecule has 2 rings (SSSR count). The smallest absolute Gasteiger partial charge is 0.266 e. The number of carbonyl (C=O) groups excluding carboxylic acids is 1. The summed E-state index contributed by atoms with van der Waals surface area (Å²) in [6.07, 6.45) is 0. The molecule has 1 aromatic carbocycles. The second-order valence-corrected chi connectivity index (χ2v) is 5.00. The Morgan fingerprint density at radius 2 is 1.93 bits per heavy atom. The van der Waals surface area contributed by atoms with Crippen LogP contribution in [-0.2, 0) is 0 Å². The predicted octanol–water partition coefficient (Wildman–Crippen LogP) is 3.61. The van der Waals surface area contributed by atoms with E-state index in [1.807, 2.05) is 41.8 Å². The van der Waals surface area contributed by atoms with Crippen LogP contribution in [0.3, 0.4) is 0 Å². The van der Waals surface area contributed by atoms with Crippen molar-refractivity contribution in [2.24, 2.45) is 0 Å². The lowest BCUT2D eigenvalue weighted by molar-refractivity contribution is 0.103. The lowest BCUT2D eigenvalue weighted by Crippen LogP contribution is -2.10. The van der Waals surface area contributed by atoms with Crippen molar-refractivity contribution in [3.05, 3.63) is 50.2 Å². The maximum absolute atomic E-state index is 11.8. The Hall–Kier alpha value is -0.880. The minimum Gasteiger partial charge on any atom is -0.321 e. The molecule has 0 bridgehead atoms. The molecule has 15 heavy (non-hydrogen) atoms. The molecule has 0 radical (unpaired) electrons. The zero-order valence-electron chi connectivity index (χ0n) is 7.74. The van der Waals surface area contributed by atoms with Crippen molar-refractivity contribution in [2.75, 3.05) is 5.32 Å². The summed E-state index contributed by atoms with van der Waals surface area (Å²) in [5.74, 6) is -0.0411. The second-order valence-electron chi connectivity index (χ2n) is 2.92. The van der Waals surface area contributed by atoms with Crippen LogP contribution < -0.4 is 5.32 Å². The third-order valence-corrected chi connectivity index (χ3v) is 4.03. The Kier molecular flexibility index (Phi) is 3.37. The van der Waals surface area contributed by atoms with E-state index in [1.54, 1.807) is 0 Å². The Morgan fingerprint density at radius 3 is 2.53 bits per heavy atom. The summed E-state index contributed by atoms with van der Waals surface area (Å²) < 4.78 is 0.992. The maximum atomic E-state index is 11.8. The van der Waals surface area contributed by atoms with Crippen LogP contribution in [0.25, 0.3) is 0 Å². The molecule has 0 aliphatic carbocycles. The molecule has 1 N–H and O–H groups in total. The van der Waals surface area contributed by atoms with Crippen LogP contribution >= 0.6 is 33.9 Å². The van der Waals surface area contributed by atoms with E-state index in [4.69, 9.17) is 0 Å². The normalized spacial score (nSPS) is 9.93. The van der Waals surface area contributed by atoms with Crippen molar-refractivity contribution in [1.29, 1.82) is 0 Å². The van der Waals surface area contributed by atoms with Gasteiger partial charge in [-0.3, -0.25) is 4.79 Å². The Morgan fingerprint density at radius 1 is 1.20 bits per heavy atom. The first-order chi connectivity index (χ1) is 7.27. The van der Waals surface area contributed by atoms with Gasteiger partial charge < -0.3 is 5.32 Å². The zero-order chi connectivity index (χ0) is 10.7. The number of anilines is 1. The number of benzene rings is 1. The third-order valence-electron chi connectivity index (χ3n) is 1.86. The average molecular weight is 329 g/mol. The van der Waals surface area contributed by atoms with Crippen molar-refractivity contribution in [3.8, 4) is 0 Å². The summed E-state index contributed by atoms with van der Waals surface area (Å²) >= 11 is 3.62. The molecule has 1 aromatic heterocycles. The topological polar surface area (TPSA) is 29.1 Å². The number of rotatable bonds is 2. The van der Waals surface area contributed by atoms with Gasteiger partial charge >= 0.3 is 0 Å². The van der Waals surface area contributed by atoms with Crippen LogP contribution in [0.2, 0.25) is 0 Å². The first-order valence-corrected chi connectivity index (χ1v) is 6.32. The van der Waals surface area contributed by atoms with Crippen LogP contribution in [0, 0.1) is 3.57 Å². The van der Waals surface area contributed by atoms with E-state index in [-0.39, 0.29) is 5.91 Å². The highest BCUT2D eigenvalue weighted by Crippen LogP contribution is 2.20. The predicted molar refractivity (Wildman–Crippen MR) is 71.4 cm³/mol. The molecule has 0 unspecified atom stereocenters. The van der Waals surface area contributed by atoms with Gasteiger partial charge in [-0.15, -0.1) is 11.3 Å². The molecule has 0 atom stereocenters. The fourth-order valence-corrected chi connectivity index (χ4v) is 2.89. The van der Waals surface area contributed by atoms with Gasteiger partial charge in [-0.2, -0.15) is 0 Å². The third kappa shape index (κ3) is 2.57. The van der Waals surface area contributed by atoms with Gasteiger partial charge in [0.25, 0.3) is 5.91 Å². The van der Waals surface area contributed by atoms with Crippen LogP contribution in [0.4, 0.5) is 5.69 Å². The molecule has 0 aliphatic heterocycles. The van der Waals surface area contributed by atoms with Crippen molar-refractivity contribution in [1.82, 2.24) is 0 Å². The number of nitrogens with one attached hydrogen (secondary N) is 1. The van der Waals surface area contributed by atoms with Gasteiger partial charge in [0.05, 0.1) is 0 Å². The van der Waals surface area contributed by atoms with Gasteiger partial charge in [0.1, 0.15) is 4.88 Å². The Labute approximate surface area is 105 Å². The van der Waals surface area contributed by atoms with Crippen LogP contribution in [0.15, 0.2) is 41.8 Å². The first kappa shape index (κ1) is 10.6. The van der Waals surface area contributed by atoms with E-state index >= 15 is 0 Å². The lowest BCUT2D eigenvalue weighted by atomic mass is 10.3. The summed E-state index contributed by atoms with van der Waals surface area (Å²) in [4.78, 5) is 12.6. The molecular formula is C11H8INOS. The highest BCUT2D eigenvalue weighted by Gasteiger charge is 2.10. The number of thiophene rings is 1. The molecule has 0 fully saturated rings. The number of carbonyl (C=O) groups is 1. The largest absolute Gasteiger partial charge is 0.321 e. The molecule has 2 aromatic rings. The van der Waals surface area contributed by atoms with E-state index in [0.717, 1.165) is 14.1 Å². The number of halogens is 1. The minimum atomic E-state index is -0.0411. The van der Waals surface area contributed by atoms with Gasteiger partial charge in [-0.25, -0.2) is 0 Å². The fraction of sp³-hybridized carbons (Fsp3) is 0. The van der Waals surface area contributed by atoms with Crippen molar-refractivity contribution in [3.63, 3.8) is 0 Å². The molecule has 4 heteroatoms. The molecule has 0 aliphatic rings. The Balaban J connectivity index is 2.15. The monoisotopic (exact) mass is 329 g/mol. The van der Waals surface area contributed by atoms with E-state index in [1.165, 1.54) is 11.3 Å². The molecule has 2 nitrogen and oxygen atoms in total. The summed E-state index contributed by atoms with van der Waals surface area (Å²) in [7, 11) is 0. The van der Waals surface area contributed by atoms with Gasteiger partial charge in [-0.05, 0) is 46.2 Å². The second kappa shape index (κ2) is 4.76. The summed E-state index contributed by atoms with van der Waals surface area (Å²) in [5, 5.41) is 4.77. The number of para-hydroxylation sites is 1. The van der Waals surface area contributed by atoms with Crippen molar-refractivity contribution >= 4 is 45.5 Å². The van der Waals surface area contributed by atoms with Gasteiger partial charge in [-0.1, -0.05) is 18.2 Å². The van der Waals surface area contributed by atoms with Crippen molar-refractivity contribution in [2.45, 2.75) is 0 Å². The van der Waals surface area contributed by atoms with Gasteiger partial charge in [0.15, 0.2) is 0 Å². The SMILES string of the molecule is O=C(Nc1ccccc1)c1sccc1I. The summed E-state index contributed by atoms with van der Waals surface area (Å²) in [5.41, 5.74) is 0.826. The molecule has 1 heterocycles. The number of hydrogen-bond donors (Lipinski definition) is 1. The lowest BCUT2D eigenvalue weighted by Gasteiger charge is -2.02. The number of hydrogen-bond acceptors (Lipinski definition) is 2. The quantitative estimate of drug-likeness (QED) is 0.838. The van der Waals surface area contributed by atoms with E-state index in [9.17, 15) is 4.79 Å². The van der Waals surface area contributed by atoms with Gasteiger partial charge in [0, 0.05) is 9.26 Å².